The van der Waals surface area contributed by atoms with Crippen molar-refractivity contribution in [1.29, 1.82) is 0 Å². The summed E-state index contributed by atoms with van der Waals surface area (Å²) in [5.74, 6) is 1.14. The number of nitrogens with zero attached hydrogens (tertiary/aromatic N) is 4. The fourth-order valence-corrected chi connectivity index (χ4v) is 5.13. The van der Waals surface area contributed by atoms with E-state index in [2.05, 4.69) is 23.2 Å². The summed E-state index contributed by atoms with van der Waals surface area (Å²) >= 11 is 3.23. The van der Waals surface area contributed by atoms with Crippen molar-refractivity contribution in [2.75, 3.05) is 24.3 Å². The summed E-state index contributed by atoms with van der Waals surface area (Å²) in [5, 5.41) is 9.39. The van der Waals surface area contributed by atoms with Gasteiger partial charge in [0.2, 0.25) is 5.91 Å². The highest BCUT2D eigenvalue weighted by Gasteiger charge is 2.24. The smallest absolute Gasteiger partial charge is 0.237 e. The van der Waals surface area contributed by atoms with Gasteiger partial charge < -0.3 is 9.64 Å². The van der Waals surface area contributed by atoms with E-state index in [0.717, 1.165) is 35.0 Å². The van der Waals surface area contributed by atoms with E-state index in [1.54, 1.807) is 13.4 Å². The van der Waals surface area contributed by atoms with Crippen LogP contribution in [0.25, 0.3) is 5.69 Å². The van der Waals surface area contributed by atoms with Gasteiger partial charge in [-0.15, -0.1) is 22.0 Å². The molecule has 150 valence electrons. The van der Waals surface area contributed by atoms with Crippen molar-refractivity contribution in [3.8, 4) is 11.4 Å². The molecule has 0 unspecified atom stereocenters. The second-order valence-corrected chi connectivity index (χ2v) is 9.13. The lowest BCUT2D eigenvalue weighted by Gasteiger charge is -2.22. The molecule has 0 spiro atoms. The molecule has 0 N–H and O–H groups in total. The van der Waals surface area contributed by atoms with Gasteiger partial charge in [0.05, 0.1) is 24.2 Å². The van der Waals surface area contributed by atoms with Gasteiger partial charge in [0.1, 0.15) is 12.1 Å². The fourth-order valence-electron chi connectivity index (χ4n) is 3.21. The molecule has 1 amide bonds. The zero-order valence-electron chi connectivity index (χ0n) is 16.3. The Labute approximate surface area is 178 Å². The largest absolute Gasteiger partial charge is 0.497 e. The summed E-state index contributed by atoms with van der Waals surface area (Å²) < 4.78 is 7.17. The van der Waals surface area contributed by atoms with Crippen molar-refractivity contribution in [3.05, 3.63) is 54.9 Å². The third-order valence-electron chi connectivity index (χ3n) is 4.72. The highest BCUT2D eigenvalue weighted by Crippen LogP contribution is 2.37. The molecule has 2 aromatic carbocycles. The van der Waals surface area contributed by atoms with Gasteiger partial charge in [0.15, 0.2) is 5.16 Å². The molecule has 3 aromatic rings. The average molecular weight is 427 g/mol. The number of carbonyl (C=O) groups is 1. The highest BCUT2D eigenvalue weighted by atomic mass is 32.2. The summed E-state index contributed by atoms with van der Waals surface area (Å²) in [5.41, 5.74) is 1.90. The Morgan fingerprint density at radius 2 is 2.14 bits per heavy atom. The minimum absolute atomic E-state index is 0.0809. The van der Waals surface area contributed by atoms with Crippen LogP contribution in [0.15, 0.2) is 64.9 Å². The van der Waals surface area contributed by atoms with E-state index in [1.807, 2.05) is 63.7 Å². The average Bonchev–Trinajstić information content (AvgIpc) is 3.15. The number of hydrogen-bond acceptors (Lipinski definition) is 6. The number of methoxy groups -OCH3 is 1. The lowest BCUT2D eigenvalue weighted by atomic mass is 10.2. The van der Waals surface area contributed by atoms with Crippen molar-refractivity contribution in [2.24, 2.45) is 0 Å². The molecule has 8 heteroatoms. The highest BCUT2D eigenvalue weighted by molar-refractivity contribution is 8.00. The number of fused-ring (bicyclic) bond motifs is 1. The van der Waals surface area contributed by atoms with Crippen LogP contribution in [-0.2, 0) is 4.79 Å². The Balaban J connectivity index is 1.50. The molecule has 0 bridgehead atoms. The summed E-state index contributed by atoms with van der Waals surface area (Å²) in [4.78, 5) is 16.2. The molecule has 2 heterocycles. The van der Waals surface area contributed by atoms with Gasteiger partial charge in [-0.05, 0) is 30.7 Å². The minimum Gasteiger partial charge on any atom is -0.497 e. The first kappa shape index (κ1) is 19.8. The Morgan fingerprint density at radius 1 is 1.28 bits per heavy atom. The first-order valence-electron chi connectivity index (χ1n) is 9.39. The van der Waals surface area contributed by atoms with Gasteiger partial charge in [-0.3, -0.25) is 9.36 Å². The number of hydrogen-bond donors (Lipinski definition) is 0. The molecule has 1 aliphatic heterocycles. The summed E-state index contributed by atoms with van der Waals surface area (Å²) in [6.07, 6.45) is 2.62. The van der Waals surface area contributed by atoms with Crippen molar-refractivity contribution in [3.63, 3.8) is 0 Å². The number of thioether (sulfide) groups is 2. The van der Waals surface area contributed by atoms with Crippen LogP contribution in [-0.4, -0.2) is 45.3 Å². The molecule has 1 aliphatic rings. The van der Waals surface area contributed by atoms with E-state index in [0.29, 0.717) is 16.2 Å². The fraction of sp³-hybridized carbons (Fsp3) is 0.286. The van der Waals surface area contributed by atoms with Crippen LogP contribution in [0.5, 0.6) is 5.75 Å². The molecule has 29 heavy (non-hydrogen) atoms. The molecule has 1 aromatic heterocycles. The van der Waals surface area contributed by atoms with E-state index < -0.39 is 0 Å². The zero-order valence-corrected chi connectivity index (χ0v) is 17.9. The lowest BCUT2D eigenvalue weighted by Crippen LogP contribution is -2.33. The summed E-state index contributed by atoms with van der Waals surface area (Å²) in [6, 6.07) is 15.8. The molecule has 0 saturated carbocycles. The predicted octanol–water partition coefficient (Wildman–Crippen LogP) is 4.29. The first-order valence-corrected chi connectivity index (χ1v) is 11.3. The van der Waals surface area contributed by atoms with Crippen LogP contribution in [0.2, 0.25) is 0 Å². The number of ether oxygens (including phenoxy) is 1. The van der Waals surface area contributed by atoms with Crippen LogP contribution in [0.3, 0.4) is 0 Å². The van der Waals surface area contributed by atoms with Gasteiger partial charge >= 0.3 is 0 Å². The van der Waals surface area contributed by atoms with E-state index >= 15 is 0 Å². The lowest BCUT2D eigenvalue weighted by molar-refractivity contribution is -0.116. The third-order valence-corrected chi connectivity index (χ3v) is 6.88. The molecule has 0 saturated heterocycles. The maximum atomic E-state index is 13.1. The third kappa shape index (κ3) is 4.43. The van der Waals surface area contributed by atoms with E-state index in [9.17, 15) is 4.79 Å². The SMILES string of the molecule is COc1cccc(-n2cnnc2SCC(=O)N2CC[C@@H](C)Sc3ccccc32)c1. The monoisotopic (exact) mass is 426 g/mol. The second kappa shape index (κ2) is 8.92. The van der Waals surface area contributed by atoms with Gasteiger partial charge in [-0.25, -0.2) is 0 Å². The van der Waals surface area contributed by atoms with Crippen LogP contribution < -0.4 is 9.64 Å². The van der Waals surface area contributed by atoms with Gasteiger partial charge in [-0.2, -0.15) is 0 Å². The summed E-state index contributed by atoms with van der Waals surface area (Å²) in [7, 11) is 1.64. The van der Waals surface area contributed by atoms with Crippen molar-refractivity contribution < 1.29 is 9.53 Å². The number of aromatic nitrogens is 3. The van der Waals surface area contributed by atoms with Crippen LogP contribution in [0, 0.1) is 0 Å². The number of amides is 1. The van der Waals surface area contributed by atoms with E-state index in [-0.39, 0.29) is 5.91 Å². The van der Waals surface area contributed by atoms with Crippen LogP contribution >= 0.6 is 23.5 Å². The first-order chi connectivity index (χ1) is 14.2. The van der Waals surface area contributed by atoms with Crippen LogP contribution in [0.1, 0.15) is 13.3 Å². The molecular formula is C21H22N4O2S2. The quantitative estimate of drug-likeness (QED) is 0.568. The molecule has 0 radical (unpaired) electrons. The van der Waals surface area contributed by atoms with Crippen molar-refractivity contribution >= 4 is 35.1 Å². The maximum Gasteiger partial charge on any atom is 0.237 e. The molecule has 4 rings (SSSR count). The standard InChI is InChI=1S/C21H22N4O2S2/c1-15-10-11-24(18-8-3-4-9-19(18)29-15)20(26)13-28-21-23-22-14-25(21)16-6-5-7-17(12-16)27-2/h3-9,12,14-15H,10-11,13H2,1-2H3/t15-/m1/s1. The molecule has 6 nitrogen and oxygen atoms in total. The van der Waals surface area contributed by atoms with Gasteiger partial charge in [0.25, 0.3) is 0 Å². The number of para-hydroxylation sites is 1. The predicted molar refractivity (Wildman–Crippen MR) is 117 cm³/mol. The number of benzene rings is 2. The Kier molecular flexibility index (Phi) is 6.10. The van der Waals surface area contributed by atoms with Crippen LogP contribution in [0.4, 0.5) is 5.69 Å². The zero-order chi connectivity index (χ0) is 20.2. The van der Waals surface area contributed by atoms with Crippen molar-refractivity contribution in [1.82, 2.24) is 14.8 Å². The molecule has 1 atom stereocenters. The molecule has 0 aliphatic carbocycles. The van der Waals surface area contributed by atoms with Gasteiger partial charge in [0, 0.05) is 22.8 Å². The normalized spacial score (nSPS) is 16.2. The number of anilines is 1. The topological polar surface area (TPSA) is 60.2 Å². The Hall–Kier alpha value is -2.45. The van der Waals surface area contributed by atoms with Gasteiger partial charge in [-0.1, -0.05) is 36.9 Å². The summed E-state index contributed by atoms with van der Waals surface area (Å²) in [6.45, 7) is 2.94. The maximum absolute atomic E-state index is 13.1. The number of carbonyl (C=O) groups excluding carboxylic acids is 1. The van der Waals surface area contributed by atoms with E-state index in [4.69, 9.17) is 4.74 Å². The van der Waals surface area contributed by atoms with Crippen molar-refractivity contribution in [2.45, 2.75) is 28.6 Å². The molecule has 0 fully saturated rings. The Bertz CT molecular complexity index is 1010. The minimum atomic E-state index is 0.0809. The Morgan fingerprint density at radius 3 is 3.00 bits per heavy atom. The molecular weight excluding hydrogens is 404 g/mol. The second-order valence-electron chi connectivity index (χ2n) is 6.70. The van der Waals surface area contributed by atoms with E-state index in [1.165, 1.54) is 11.8 Å². The number of rotatable bonds is 5.